The van der Waals surface area contributed by atoms with Gasteiger partial charge < -0.3 is 9.84 Å². The lowest BCUT2D eigenvalue weighted by Gasteiger charge is -2.28. The largest absolute Gasteiger partial charge is 0.497 e. The molecule has 0 aliphatic heterocycles. The van der Waals surface area contributed by atoms with Crippen LogP contribution in [0.15, 0.2) is 54.6 Å². The molecule has 1 unspecified atom stereocenters. The maximum absolute atomic E-state index is 13.3. The summed E-state index contributed by atoms with van der Waals surface area (Å²) < 4.78 is 58.0. The Balaban J connectivity index is 2.43. The molecule has 0 heterocycles. The molecule has 0 aliphatic rings. The van der Waals surface area contributed by atoms with Gasteiger partial charge in [0.2, 0.25) is 5.60 Å². The fourth-order valence-corrected chi connectivity index (χ4v) is 2.03. The molecule has 0 bridgehead atoms. The fraction of sp³-hybridized carbons (Fsp3) is 0.176. The molecule has 0 radical (unpaired) electrons. The number of ether oxygens (including phenoxy) is 1. The van der Waals surface area contributed by atoms with Crippen LogP contribution in [-0.2, 0) is 5.60 Å². The minimum atomic E-state index is -4.94. The standard InChI is InChI=1S/C17H14F4O2/c1-23-15-7-5-13(6-8-15)16(22,17(19,20)21)10-9-12-3-2-4-14(18)11-12/h2-11,22H,1H3. The molecule has 0 fully saturated rings. The topological polar surface area (TPSA) is 29.5 Å². The van der Waals surface area contributed by atoms with Gasteiger partial charge in [0.25, 0.3) is 0 Å². The molecule has 23 heavy (non-hydrogen) atoms. The molecule has 1 atom stereocenters. The number of methoxy groups -OCH3 is 1. The van der Waals surface area contributed by atoms with Crippen molar-refractivity contribution in [2.75, 3.05) is 7.11 Å². The molecule has 1 N–H and O–H groups in total. The Hall–Kier alpha value is -2.34. The first-order chi connectivity index (χ1) is 10.8. The second-order valence-corrected chi connectivity index (χ2v) is 4.88. The van der Waals surface area contributed by atoms with Gasteiger partial charge in [0.05, 0.1) is 7.11 Å². The lowest BCUT2D eigenvalue weighted by Crippen LogP contribution is -2.40. The van der Waals surface area contributed by atoms with Crippen LogP contribution in [0, 0.1) is 5.82 Å². The SMILES string of the molecule is COc1ccc(C(O)(C=Cc2cccc(F)c2)C(F)(F)F)cc1. The van der Waals surface area contributed by atoms with E-state index >= 15 is 0 Å². The number of benzene rings is 2. The van der Waals surface area contributed by atoms with E-state index in [-0.39, 0.29) is 11.1 Å². The molecule has 0 amide bonds. The van der Waals surface area contributed by atoms with E-state index in [2.05, 4.69) is 0 Å². The first-order valence-corrected chi connectivity index (χ1v) is 6.65. The lowest BCUT2D eigenvalue weighted by molar-refractivity contribution is -0.244. The Morgan fingerprint density at radius 3 is 2.22 bits per heavy atom. The highest BCUT2D eigenvalue weighted by atomic mass is 19.4. The van der Waals surface area contributed by atoms with Crippen molar-refractivity contribution in [3.63, 3.8) is 0 Å². The van der Waals surface area contributed by atoms with Crippen LogP contribution in [0.2, 0.25) is 0 Å². The molecular formula is C17H14F4O2. The van der Waals surface area contributed by atoms with Gasteiger partial charge in [0.15, 0.2) is 0 Å². The Morgan fingerprint density at radius 2 is 1.70 bits per heavy atom. The predicted molar refractivity (Wildman–Crippen MR) is 78.4 cm³/mol. The zero-order chi connectivity index (χ0) is 17.1. The van der Waals surface area contributed by atoms with E-state index in [9.17, 15) is 22.7 Å². The number of halogens is 4. The van der Waals surface area contributed by atoms with Crippen molar-refractivity contribution < 1.29 is 27.4 Å². The minimum absolute atomic E-state index is 0.209. The van der Waals surface area contributed by atoms with E-state index in [0.29, 0.717) is 11.8 Å². The normalized spacial score (nSPS) is 14.7. The van der Waals surface area contributed by atoms with Crippen LogP contribution >= 0.6 is 0 Å². The summed E-state index contributed by atoms with van der Waals surface area (Å²) in [6.07, 6.45) is -3.31. The van der Waals surface area contributed by atoms with Gasteiger partial charge in [-0.3, -0.25) is 0 Å². The van der Waals surface area contributed by atoms with Crippen molar-refractivity contribution in [3.8, 4) is 5.75 Å². The first-order valence-electron chi connectivity index (χ1n) is 6.65. The highest BCUT2D eigenvalue weighted by molar-refractivity contribution is 5.52. The van der Waals surface area contributed by atoms with E-state index in [1.807, 2.05) is 0 Å². The van der Waals surface area contributed by atoms with Gasteiger partial charge in [-0.15, -0.1) is 0 Å². The van der Waals surface area contributed by atoms with Crippen molar-refractivity contribution >= 4 is 6.08 Å². The molecule has 0 aromatic heterocycles. The van der Waals surface area contributed by atoms with Crippen LogP contribution in [0.25, 0.3) is 6.08 Å². The van der Waals surface area contributed by atoms with E-state index in [1.54, 1.807) is 0 Å². The predicted octanol–water partition coefficient (Wildman–Crippen LogP) is 4.30. The van der Waals surface area contributed by atoms with Gasteiger partial charge in [0, 0.05) is 0 Å². The zero-order valence-electron chi connectivity index (χ0n) is 12.1. The fourth-order valence-electron chi connectivity index (χ4n) is 2.03. The smallest absolute Gasteiger partial charge is 0.425 e. The number of hydrogen-bond donors (Lipinski definition) is 1. The molecule has 2 aromatic carbocycles. The maximum Gasteiger partial charge on any atom is 0.425 e. The Bertz CT molecular complexity index is 692. The molecule has 6 heteroatoms. The van der Waals surface area contributed by atoms with Gasteiger partial charge in [-0.1, -0.05) is 30.3 Å². The van der Waals surface area contributed by atoms with Gasteiger partial charge in [0.1, 0.15) is 11.6 Å². The summed E-state index contributed by atoms with van der Waals surface area (Å²) >= 11 is 0. The van der Waals surface area contributed by atoms with Gasteiger partial charge in [-0.2, -0.15) is 13.2 Å². The van der Waals surface area contributed by atoms with E-state index in [0.717, 1.165) is 24.3 Å². The molecule has 0 spiro atoms. The second-order valence-electron chi connectivity index (χ2n) is 4.88. The molecule has 2 nitrogen and oxygen atoms in total. The van der Waals surface area contributed by atoms with Crippen LogP contribution in [-0.4, -0.2) is 18.4 Å². The summed E-state index contributed by atoms with van der Waals surface area (Å²) in [7, 11) is 1.38. The van der Waals surface area contributed by atoms with E-state index < -0.39 is 17.6 Å². The summed E-state index contributed by atoms with van der Waals surface area (Å²) in [4.78, 5) is 0. The number of alkyl halides is 3. The molecule has 0 saturated heterocycles. The summed E-state index contributed by atoms with van der Waals surface area (Å²) in [6, 6.07) is 9.95. The molecule has 2 aromatic rings. The monoisotopic (exact) mass is 326 g/mol. The molecule has 122 valence electrons. The van der Waals surface area contributed by atoms with Crippen molar-refractivity contribution in [2.45, 2.75) is 11.8 Å². The third kappa shape index (κ3) is 3.71. The quantitative estimate of drug-likeness (QED) is 0.849. The molecule has 0 aliphatic carbocycles. The number of aliphatic hydroxyl groups is 1. The lowest BCUT2D eigenvalue weighted by atomic mass is 9.92. The second kappa shape index (κ2) is 6.42. The van der Waals surface area contributed by atoms with Gasteiger partial charge >= 0.3 is 6.18 Å². The first kappa shape index (κ1) is 17.0. The molecule has 2 rings (SSSR count). The van der Waals surface area contributed by atoms with Crippen LogP contribution in [0.4, 0.5) is 17.6 Å². The Labute approximate surface area is 130 Å². The zero-order valence-corrected chi connectivity index (χ0v) is 12.1. The van der Waals surface area contributed by atoms with Crippen LogP contribution in [0.5, 0.6) is 5.75 Å². The van der Waals surface area contributed by atoms with Crippen molar-refractivity contribution in [1.29, 1.82) is 0 Å². The van der Waals surface area contributed by atoms with Gasteiger partial charge in [-0.05, 0) is 41.5 Å². The summed E-state index contributed by atoms with van der Waals surface area (Å²) in [5.74, 6) is -0.209. The maximum atomic E-state index is 13.3. The minimum Gasteiger partial charge on any atom is -0.497 e. The number of hydrogen-bond acceptors (Lipinski definition) is 2. The van der Waals surface area contributed by atoms with Crippen LogP contribution < -0.4 is 4.74 Å². The van der Waals surface area contributed by atoms with Crippen LogP contribution in [0.3, 0.4) is 0 Å². The van der Waals surface area contributed by atoms with Crippen molar-refractivity contribution in [1.82, 2.24) is 0 Å². The van der Waals surface area contributed by atoms with E-state index in [4.69, 9.17) is 4.74 Å². The molecule has 0 saturated carbocycles. The third-order valence-electron chi connectivity index (χ3n) is 3.33. The van der Waals surface area contributed by atoms with E-state index in [1.165, 1.54) is 37.4 Å². The highest BCUT2D eigenvalue weighted by Crippen LogP contribution is 2.41. The summed E-state index contributed by atoms with van der Waals surface area (Å²) in [6.45, 7) is 0. The van der Waals surface area contributed by atoms with Crippen molar-refractivity contribution in [2.24, 2.45) is 0 Å². The Kier molecular flexibility index (Phi) is 4.75. The van der Waals surface area contributed by atoms with Crippen molar-refractivity contribution in [3.05, 3.63) is 71.6 Å². The number of rotatable bonds is 4. The summed E-state index contributed by atoms with van der Waals surface area (Å²) in [5, 5.41) is 10.2. The average Bonchev–Trinajstić information content (AvgIpc) is 2.51. The molecular weight excluding hydrogens is 312 g/mol. The van der Waals surface area contributed by atoms with Crippen LogP contribution in [0.1, 0.15) is 11.1 Å². The highest BCUT2D eigenvalue weighted by Gasteiger charge is 2.53. The summed E-state index contributed by atoms with van der Waals surface area (Å²) in [5.41, 5.74) is -3.34. The van der Waals surface area contributed by atoms with Gasteiger partial charge in [-0.25, -0.2) is 4.39 Å². The Morgan fingerprint density at radius 1 is 1.04 bits per heavy atom. The third-order valence-corrected chi connectivity index (χ3v) is 3.33. The average molecular weight is 326 g/mol.